The zero-order valence-corrected chi connectivity index (χ0v) is 15.7. The first-order chi connectivity index (χ1) is 11.2. The fourth-order valence-electron chi connectivity index (χ4n) is 3.20. The number of aliphatic carboxylic acids is 1. The van der Waals surface area contributed by atoms with Gasteiger partial charge in [-0.25, -0.2) is 0 Å². The van der Waals surface area contributed by atoms with Gasteiger partial charge in [-0.3, -0.25) is 4.79 Å². The zero-order chi connectivity index (χ0) is 16.1. The molecule has 3 aromatic carbocycles. The average Bonchev–Trinajstić information content (AvgIpc) is 2.62. The fourth-order valence-corrected chi connectivity index (χ4v) is 3.20. The quantitative estimate of drug-likeness (QED) is 0.570. The van der Waals surface area contributed by atoms with E-state index in [1.807, 2.05) is 91.0 Å². The summed E-state index contributed by atoms with van der Waals surface area (Å²) in [6.45, 7) is 0. The molecular weight excluding hydrogens is 307 g/mol. The molecule has 24 heavy (non-hydrogen) atoms. The molecule has 3 rings (SSSR count). The van der Waals surface area contributed by atoms with Gasteiger partial charge in [0, 0.05) is 0 Å². The van der Waals surface area contributed by atoms with Crippen LogP contribution < -0.4 is 29.6 Å². The molecule has 0 amide bonds. The molecule has 1 N–H and O–H groups in total. The van der Waals surface area contributed by atoms with Crippen LogP contribution >= 0.6 is 0 Å². The van der Waals surface area contributed by atoms with Gasteiger partial charge >= 0.3 is 35.5 Å². The Balaban J connectivity index is 0.00000208. The molecule has 114 valence electrons. The molecule has 2 nitrogen and oxygen atoms in total. The maximum absolute atomic E-state index is 11.7. The molecule has 0 aliphatic carbocycles. The number of rotatable bonds is 5. The van der Waals surface area contributed by atoms with E-state index >= 15 is 0 Å². The van der Waals surface area contributed by atoms with E-state index in [1.165, 1.54) is 0 Å². The van der Waals surface area contributed by atoms with Crippen molar-refractivity contribution in [3.63, 3.8) is 0 Å². The average molecular weight is 325 g/mol. The summed E-state index contributed by atoms with van der Waals surface area (Å²) in [4.78, 5) is 11.7. The Hall–Kier alpha value is -1.87. The van der Waals surface area contributed by atoms with Crippen LogP contribution in [0.2, 0.25) is 0 Å². The van der Waals surface area contributed by atoms with Gasteiger partial charge in [-0.2, -0.15) is 0 Å². The Morgan fingerprint density at radius 2 is 0.958 bits per heavy atom. The first-order valence-corrected chi connectivity index (χ1v) is 7.62. The predicted molar refractivity (Wildman–Crippen MR) is 91.5 cm³/mol. The van der Waals surface area contributed by atoms with Crippen LogP contribution in [0.15, 0.2) is 91.0 Å². The Morgan fingerprint density at radius 3 is 1.21 bits per heavy atom. The second kappa shape index (κ2) is 8.29. The van der Waals surface area contributed by atoms with Crippen LogP contribution in [0, 0.1) is 0 Å². The minimum atomic E-state index is -0.818. The van der Waals surface area contributed by atoms with E-state index in [1.54, 1.807) is 0 Å². The number of hydrogen-bond donors (Lipinski definition) is 1. The summed E-state index contributed by atoms with van der Waals surface area (Å²) < 4.78 is 0. The Morgan fingerprint density at radius 1 is 0.667 bits per heavy atom. The van der Waals surface area contributed by atoms with Crippen molar-refractivity contribution < 1.29 is 39.5 Å². The maximum atomic E-state index is 11.7. The second-order valence-corrected chi connectivity index (χ2v) is 5.57. The van der Waals surface area contributed by atoms with E-state index in [2.05, 4.69) is 0 Å². The van der Waals surface area contributed by atoms with E-state index in [0.717, 1.165) is 16.7 Å². The third-order valence-electron chi connectivity index (χ3n) is 4.22. The third-order valence-corrected chi connectivity index (χ3v) is 4.22. The van der Waals surface area contributed by atoms with Crippen molar-refractivity contribution in [2.24, 2.45) is 0 Å². The summed E-state index contributed by atoms with van der Waals surface area (Å²) in [5, 5.41) is 9.63. The van der Waals surface area contributed by atoms with Gasteiger partial charge in [0.15, 0.2) is 0 Å². The van der Waals surface area contributed by atoms with Crippen molar-refractivity contribution in [2.45, 2.75) is 11.8 Å². The molecule has 0 saturated heterocycles. The summed E-state index contributed by atoms with van der Waals surface area (Å²) in [6.07, 6.45) is 0.00500. The van der Waals surface area contributed by atoms with Crippen molar-refractivity contribution in [2.75, 3.05) is 0 Å². The Bertz CT molecular complexity index is 674. The zero-order valence-electron chi connectivity index (χ0n) is 13.7. The summed E-state index contributed by atoms with van der Waals surface area (Å²) in [7, 11) is 0. The summed E-state index contributed by atoms with van der Waals surface area (Å²) in [6, 6.07) is 29.6. The smallest absolute Gasteiger partial charge is 0.481 e. The van der Waals surface area contributed by atoms with Gasteiger partial charge in [0.1, 0.15) is 0 Å². The molecule has 0 aromatic heterocycles. The van der Waals surface area contributed by atoms with Gasteiger partial charge < -0.3 is 5.11 Å². The van der Waals surface area contributed by atoms with Gasteiger partial charge in [0.05, 0.1) is 11.8 Å². The van der Waals surface area contributed by atoms with Crippen molar-refractivity contribution in [1.29, 1.82) is 0 Å². The molecule has 0 heterocycles. The molecular formula is C21H18NaO2+. The van der Waals surface area contributed by atoms with E-state index in [9.17, 15) is 9.90 Å². The van der Waals surface area contributed by atoms with Crippen LogP contribution in [0.3, 0.4) is 0 Å². The molecule has 3 aromatic rings. The van der Waals surface area contributed by atoms with Crippen molar-refractivity contribution in [1.82, 2.24) is 0 Å². The van der Waals surface area contributed by atoms with Crippen molar-refractivity contribution in [3.05, 3.63) is 108 Å². The van der Waals surface area contributed by atoms with Gasteiger partial charge in [-0.15, -0.1) is 0 Å². The van der Waals surface area contributed by atoms with Crippen LogP contribution in [-0.4, -0.2) is 11.1 Å². The van der Waals surface area contributed by atoms with Crippen LogP contribution in [0.4, 0.5) is 0 Å². The molecule has 0 aliphatic heterocycles. The van der Waals surface area contributed by atoms with Crippen LogP contribution in [0.25, 0.3) is 0 Å². The number of benzene rings is 3. The minimum absolute atomic E-state index is 0. The first kappa shape index (κ1) is 18.5. The van der Waals surface area contributed by atoms with Gasteiger partial charge in [-0.1, -0.05) is 91.0 Å². The number of hydrogen-bond acceptors (Lipinski definition) is 1. The van der Waals surface area contributed by atoms with Crippen LogP contribution in [-0.2, 0) is 10.2 Å². The minimum Gasteiger partial charge on any atom is -0.481 e. The van der Waals surface area contributed by atoms with Gasteiger partial charge in [0.25, 0.3) is 0 Å². The first-order valence-electron chi connectivity index (χ1n) is 7.62. The molecule has 0 unspecified atom stereocenters. The van der Waals surface area contributed by atoms with Crippen molar-refractivity contribution >= 4 is 5.97 Å². The van der Waals surface area contributed by atoms with E-state index in [4.69, 9.17) is 0 Å². The number of carboxylic acid groups (broad SMARTS) is 1. The largest absolute Gasteiger partial charge is 1.00 e. The van der Waals surface area contributed by atoms with Gasteiger partial charge in [0.2, 0.25) is 0 Å². The standard InChI is InChI=1S/C21H18O2.Na/c22-20(23)16-21(17-10-4-1-5-11-17,18-12-6-2-7-13-18)19-14-8-3-9-15-19;/h1-15H,16H2,(H,22,23);/q;+1. The predicted octanol–water partition coefficient (Wildman–Crippen LogP) is 1.50. The van der Waals surface area contributed by atoms with E-state index in [0.29, 0.717) is 0 Å². The molecule has 0 radical (unpaired) electrons. The third kappa shape index (κ3) is 3.62. The van der Waals surface area contributed by atoms with Crippen LogP contribution in [0.5, 0.6) is 0 Å². The molecule has 3 heteroatoms. The Labute approximate surface area is 164 Å². The molecule has 0 spiro atoms. The fraction of sp³-hybridized carbons (Fsp3) is 0.0952. The van der Waals surface area contributed by atoms with Crippen molar-refractivity contribution in [3.8, 4) is 0 Å². The topological polar surface area (TPSA) is 37.3 Å². The molecule has 0 atom stereocenters. The summed E-state index contributed by atoms with van der Waals surface area (Å²) in [5.74, 6) is -0.818. The molecule has 0 aliphatic rings. The van der Waals surface area contributed by atoms with E-state index in [-0.39, 0.29) is 36.0 Å². The summed E-state index contributed by atoms with van der Waals surface area (Å²) in [5.41, 5.74) is 2.26. The second-order valence-electron chi connectivity index (χ2n) is 5.57. The number of carbonyl (C=O) groups is 1. The van der Waals surface area contributed by atoms with Gasteiger partial charge in [-0.05, 0) is 16.7 Å². The molecule has 0 fully saturated rings. The number of carboxylic acids is 1. The normalized spacial score (nSPS) is 10.7. The molecule has 0 saturated carbocycles. The SMILES string of the molecule is O=C(O)CC(c1ccccc1)(c1ccccc1)c1ccccc1.[Na+]. The summed E-state index contributed by atoms with van der Waals surface area (Å²) >= 11 is 0. The molecule has 0 bridgehead atoms. The van der Waals surface area contributed by atoms with Crippen LogP contribution in [0.1, 0.15) is 23.1 Å². The van der Waals surface area contributed by atoms with E-state index < -0.39 is 11.4 Å². The Kier molecular flexibility index (Phi) is 6.38. The maximum Gasteiger partial charge on any atom is 1.00 e. The monoisotopic (exact) mass is 325 g/mol.